The SMILES string of the molecule is CCCCCCCCCCCCCOC(=O)C(C)SC(CCCCC)C(OC(=O)CCCN(CCCN1CCN(C)CC1)CC(O)CCCCCCCC)C(=O)OCCC. The third-order valence-corrected chi connectivity index (χ3v) is 13.3. The second kappa shape index (κ2) is 39.2. The highest BCUT2D eigenvalue weighted by Gasteiger charge is 2.36. The van der Waals surface area contributed by atoms with Crippen LogP contribution < -0.4 is 0 Å². The maximum absolute atomic E-state index is 13.5. The first kappa shape index (κ1) is 56.6. The molecule has 1 saturated heterocycles. The zero-order valence-corrected chi connectivity index (χ0v) is 40.7. The lowest BCUT2D eigenvalue weighted by Gasteiger charge is -2.33. The van der Waals surface area contributed by atoms with E-state index in [4.69, 9.17) is 14.2 Å². The van der Waals surface area contributed by atoms with E-state index < -0.39 is 34.6 Å². The number of ether oxygens (including phenoxy) is 3. The first-order chi connectivity index (χ1) is 29.1. The highest BCUT2D eigenvalue weighted by Crippen LogP contribution is 2.29. The van der Waals surface area contributed by atoms with Crippen LogP contribution in [0.1, 0.15) is 202 Å². The molecule has 1 rings (SSSR count). The number of hydrogen-bond donors (Lipinski definition) is 1. The highest BCUT2D eigenvalue weighted by molar-refractivity contribution is 8.01. The minimum atomic E-state index is -1.09. The van der Waals surface area contributed by atoms with Crippen molar-refractivity contribution >= 4 is 29.7 Å². The number of aliphatic hydroxyl groups is 1. The number of carbonyl (C=O) groups is 3. The fourth-order valence-electron chi connectivity index (χ4n) is 7.90. The van der Waals surface area contributed by atoms with Gasteiger partial charge >= 0.3 is 17.9 Å². The van der Waals surface area contributed by atoms with Crippen molar-refractivity contribution in [2.75, 3.05) is 72.6 Å². The van der Waals surface area contributed by atoms with Crippen molar-refractivity contribution in [1.29, 1.82) is 0 Å². The lowest BCUT2D eigenvalue weighted by molar-refractivity contribution is -0.168. The van der Waals surface area contributed by atoms with Crippen molar-refractivity contribution in [1.82, 2.24) is 14.7 Å². The summed E-state index contributed by atoms with van der Waals surface area (Å²) in [4.78, 5) is 47.4. The van der Waals surface area contributed by atoms with Crippen LogP contribution in [0.4, 0.5) is 0 Å². The topological polar surface area (TPSA) is 109 Å². The van der Waals surface area contributed by atoms with Gasteiger partial charge in [0.05, 0.1) is 24.6 Å². The Kier molecular flexibility index (Phi) is 37.0. The van der Waals surface area contributed by atoms with Gasteiger partial charge in [-0.3, -0.25) is 9.59 Å². The molecule has 1 fully saturated rings. The zero-order chi connectivity index (χ0) is 44.1. The van der Waals surface area contributed by atoms with Gasteiger partial charge in [0.25, 0.3) is 0 Å². The Morgan fingerprint density at radius 1 is 0.617 bits per heavy atom. The average Bonchev–Trinajstić information content (AvgIpc) is 3.23. The van der Waals surface area contributed by atoms with E-state index in [2.05, 4.69) is 42.5 Å². The lowest BCUT2D eigenvalue weighted by Crippen LogP contribution is -2.45. The molecule has 1 aliphatic rings. The largest absolute Gasteiger partial charge is 0.465 e. The van der Waals surface area contributed by atoms with Gasteiger partial charge < -0.3 is 34.0 Å². The van der Waals surface area contributed by atoms with Crippen LogP contribution >= 0.6 is 11.8 Å². The predicted molar refractivity (Wildman–Crippen MR) is 252 cm³/mol. The molecule has 0 aliphatic carbocycles. The summed E-state index contributed by atoms with van der Waals surface area (Å²) >= 11 is 1.37. The molecule has 0 spiro atoms. The molecule has 1 N–H and O–H groups in total. The van der Waals surface area contributed by atoms with Gasteiger partial charge in [-0.25, -0.2) is 4.79 Å². The molecule has 0 saturated carbocycles. The Bertz CT molecular complexity index is 1030. The third kappa shape index (κ3) is 30.6. The molecule has 354 valence electrons. The van der Waals surface area contributed by atoms with Gasteiger partial charge in [0.2, 0.25) is 6.10 Å². The van der Waals surface area contributed by atoms with Crippen molar-refractivity contribution in [3.05, 3.63) is 0 Å². The summed E-state index contributed by atoms with van der Waals surface area (Å²) in [6, 6.07) is 0. The van der Waals surface area contributed by atoms with Crippen LogP contribution in [0, 0.1) is 0 Å². The molecule has 11 heteroatoms. The van der Waals surface area contributed by atoms with Crippen LogP contribution in [-0.4, -0.2) is 133 Å². The van der Waals surface area contributed by atoms with Gasteiger partial charge in [0.1, 0.15) is 5.25 Å². The lowest BCUT2D eigenvalue weighted by atomic mass is 10.1. The number of esters is 3. The summed E-state index contributed by atoms with van der Waals surface area (Å²) in [5.41, 5.74) is 0. The molecule has 1 aliphatic heterocycles. The van der Waals surface area contributed by atoms with Crippen molar-refractivity contribution in [3.63, 3.8) is 0 Å². The number of thioether (sulfide) groups is 1. The van der Waals surface area contributed by atoms with E-state index >= 15 is 0 Å². The Hall–Kier alpha value is -1.40. The van der Waals surface area contributed by atoms with Gasteiger partial charge in [-0.15, -0.1) is 11.8 Å². The first-order valence-electron chi connectivity index (χ1n) is 25.1. The van der Waals surface area contributed by atoms with E-state index in [1.165, 1.54) is 95.2 Å². The molecule has 10 nitrogen and oxygen atoms in total. The van der Waals surface area contributed by atoms with Crippen LogP contribution in [0.2, 0.25) is 0 Å². The molecule has 0 aromatic carbocycles. The number of hydrogen-bond acceptors (Lipinski definition) is 11. The third-order valence-electron chi connectivity index (χ3n) is 11.8. The maximum atomic E-state index is 13.5. The number of aliphatic hydroxyl groups excluding tert-OH is 1. The fraction of sp³-hybridized carbons (Fsp3) is 0.939. The molecule has 4 unspecified atom stereocenters. The molecule has 0 aromatic rings. The highest BCUT2D eigenvalue weighted by atomic mass is 32.2. The molecule has 1 heterocycles. The summed E-state index contributed by atoms with van der Waals surface area (Å²) in [6.07, 6.45) is 26.0. The number of piperazine rings is 1. The van der Waals surface area contributed by atoms with Gasteiger partial charge in [-0.05, 0) is 72.1 Å². The normalized spacial score (nSPS) is 15.8. The average molecular weight is 870 g/mol. The first-order valence-corrected chi connectivity index (χ1v) is 26.1. The van der Waals surface area contributed by atoms with E-state index in [-0.39, 0.29) is 19.0 Å². The number of rotatable bonds is 41. The second-order valence-corrected chi connectivity index (χ2v) is 19.3. The van der Waals surface area contributed by atoms with Crippen molar-refractivity contribution in [2.45, 2.75) is 224 Å². The van der Waals surface area contributed by atoms with Gasteiger partial charge in [0, 0.05) is 39.1 Å². The molecule has 60 heavy (non-hydrogen) atoms. The predicted octanol–water partition coefficient (Wildman–Crippen LogP) is 10.6. The molecular weight excluding hydrogens is 775 g/mol. The van der Waals surface area contributed by atoms with Crippen molar-refractivity contribution in [3.8, 4) is 0 Å². The van der Waals surface area contributed by atoms with Gasteiger partial charge in [-0.2, -0.15) is 0 Å². The number of nitrogens with zero attached hydrogens (tertiary/aromatic N) is 3. The minimum absolute atomic E-state index is 0.170. The molecule has 0 bridgehead atoms. The van der Waals surface area contributed by atoms with Crippen LogP contribution in [0.3, 0.4) is 0 Å². The number of carbonyl (C=O) groups excluding carboxylic acids is 3. The summed E-state index contributed by atoms with van der Waals surface area (Å²) < 4.78 is 17.3. The Morgan fingerprint density at radius 3 is 1.73 bits per heavy atom. The number of unbranched alkanes of at least 4 members (excludes halogenated alkanes) is 17. The van der Waals surface area contributed by atoms with E-state index in [1.54, 1.807) is 0 Å². The second-order valence-electron chi connectivity index (χ2n) is 17.7. The Morgan fingerprint density at radius 2 is 1.13 bits per heavy atom. The fourth-order valence-corrected chi connectivity index (χ4v) is 9.22. The summed E-state index contributed by atoms with van der Waals surface area (Å²) in [6.45, 7) is 18.6. The molecular formula is C49H95N3O7S. The van der Waals surface area contributed by atoms with Crippen LogP contribution in [0.5, 0.6) is 0 Å². The molecule has 0 aromatic heterocycles. The van der Waals surface area contributed by atoms with E-state index in [1.807, 2.05) is 13.8 Å². The molecule has 0 radical (unpaired) electrons. The quantitative estimate of drug-likeness (QED) is 0.0360. The summed E-state index contributed by atoms with van der Waals surface area (Å²) in [7, 11) is 2.18. The van der Waals surface area contributed by atoms with Crippen LogP contribution in [-0.2, 0) is 28.6 Å². The van der Waals surface area contributed by atoms with Crippen LogP contribution in [0.15, 0.2) is 0 Å². The van der Waals surface area contributed by atoms with E-state index in [0.29, 0.717) is 39.0 Å². The summed E-state index contributed by atoms with van der Waals surface area (Å²) in [5.74, 6) is -1.25. The van der Waals surface area contributed by atoms with E-state index in [9.17, 15) is 19.5 Å². The minimum Gasteiger partial charge on any atom is -0.465 e. The Labute approximate surface area is 373 Å². The standard InChI is InChI=1S/C49H95N3O7S/c1-7-11-14-16-18-19-20-21-22-24-27-41-58-48(55)43(5)60-45(31-25-13-9-3)47(49(56)57-40-10-4)59-46(54)32-28-33-52(35-29-34-51-38-36-50(6)37-39-51)42-44(53)30-26-23-17-15-12-8-2/h43-45,47,53H,7-42H2,1-6H3. The number of likely N-dealkylation sites (N-methyl/N-ethyl adjacent to an activating group) is 1. The molecule has 0 amide bonds. The smallest absolute Gasteiger partial charge is 0.348 e. The zero-order valence-electron chi connectivity index (χ0n) is 39.9. The van der Waals surface area contributed by atoms with Gasteiger partial charge in [0.15, 0.2) is 0 Å². The van der Waals surface area contributed by atoms with Crippen molar-refractivity contribution in [2.24, 2.45) is 0 Å². The van der Waals surface area contributed by atoms with Crippen LogP contribution in [0.25, 0.3) is 0 Å². The monoisotopic (exact) mass is 870 g/mol. The van der Waals surface area contributed by atoms with Gasteiger partial charge in [-0.1, -0.05) is 150 Å². The van der Waals surface area contributed by atoms with E-state index in [0.717, 1.165) is 97.1 Å². The summed E-state index contributed by atoms with van der Waals surface area (Å²) in [5, 5.41) is 10.1. The maximum Gasteiger partial charge on any atom is 0.348 e. The Balaban J connectivity index is 2.78. The van der Waals surface area contributed by atoms with Crippen molar-refractivity contribution < 1.29 is 33.7 Å². The molecule has 4 atom stereocenters.